The Morgan fingerprint density at radius 1 is 1.13 bits per heavy atom. The van der Waals surface area contributed by atoms with Gasteiger partial charge in [-0.3, -0.25) is 4.79 Å². The molecule has 12 heteroatoms. The lowest BCUT2D eigenvalue weighted by Gasteiger charge is -2.30. The van der Waals surface area contributed by atoms with E-state index in [2.05, 4.69) is 5.32 Å². The number of thiophene rings is 1. The fourth-order valence-corrected chi connectivity index (χ4v) is 7.60. The van der Waals surface area contributed by atoms with Crippen LogP contribution in [0.5, 0.6) is 0 Å². The fraction of sp³-hybridized carbons (Fsp3) is 0.500. The number of ether oxygens (including phenoxy) is 2. The molecular weight excluding hydrogens is 530 g/mol. The molecule has 0 saturated heterocycles. The summed E-state index contributed by atoms with van der Waals surface area (Å²) in [4.78, 5) is 40.3. The van der Waals surface area contributed by atoms with Crippen molar-refractivity contribution in [1.82, 2.24) is 9.21 Å². The Hall–Kier alpha value is -2.96. The van der Waals surface area contributed by atoms with Crippen molar-refractivity contribution in [2.45, 2.75) is 62.9 Å². The van der Waals surface area contributed by atoms with E-state index in [9.17, 15) is 22.8 Å². The van der Waals surface area contributed by atoms with Crippen LogP contribution in [0.15, 0.2) is 29.2 Å². The number of esters is 1. The first-order valence-electron chi connectivity index (χ1n) is 12.7. The van der Waals surface area contributed by atoms with Crippen molar-refractivity contribution in [2.75, 3.05) is 32.6 Å². The van der Waals surface area contributed by atoms with Crippen LogP contribution in [0.1, 0.15) is 70.2 Å². The number of benzene rings is 1. The maximum absolute atomic E-state index is 13.1. The molecule has 0 bridgehead atoms. The third kappa shape index (κ3) is 5.71. The Bertz CT molecular complexity index is 1300. The molecule has 0 radical (unpaired) electrons. The largest absolute Gasteiger partial charge is 0.465 e. The molecule has 2 aliphatic rings. The van der Waals surface area contributed by atoms with E-state index in [1.807, 2.05) is 0 Å². The van der Waals surface area contributed by atoms with Crippen LogP contribution >= 0.6 is 11.3 Å². The predicted molar refractivity (Wildman–Crippen MR) is 143 cm³/mol. The van der Waals surface area contributed by atoms with Crippen molar-refractivity contribution in [2.24, 2.45) is 0 Å². The Balaban J connectivity index is 1.52. The van der Waals surface area contributed by atoms with Crippen molar-refractivity contribution in [3.8, 4) is 0 Å². The number of sulfonamides is 1. The monoisotopic (exact) mass is 563 g/mol. The van der Waals surface area contributed by atoms with Crippen molar-refractivity contribution in [3.63, 3.8) is 0 Å². The minimum absolute atomic E-state index is 0.0157. The number of fused-ring (bicyclic) bond motifs is 1. The molecule has 1 N–H and O–H groups in total. The molecule has 1 aromatic heterocycles. The zero-order valence-corrected chi connectivity index (χ0v) is 23.5. The highest BCUT2D eigenvalue weighted by Crippen LogP contribution is 2.38. The molecule has 38 heavy (non-hydrogen) atoms. The summed E-state index contributed by atoms with van der Waals surface area (Å²) < 4.78 is 37.7. The second kappa shape index (κ2) is 11.8. The lowest BCUT2D eigenvalue weighted by Crippen LogP contribution is -2.38. The van der Waals surface area contributed by atoms with Crippen LogP contribution in [-0.4, -0.2) is 68.9 Å². The maximum Gasteiger partial charge on any atom is 0.410 e. The summed E-state index contributed by atoms with van der Waals surface area (Å²) in [6.45, 7) is 2.64. The number of anilines is 1. The molecule has 0 spiro atoms. The van der Waals surface area contributed by atoms with E-state index in [0.717, 1.165) is 42.5 Å². The zero-order valence-electron chi connectivity index (χ0n) is 21.8. The molecule has 2 heterocycles. The maximum atomic E-state index is 13.1. The van der Waals surface area contributed by atoms with Crippen LogP contribution in [0.2, 0.25) is 0 Å². The van der Waals surface area contributed by atoms with Crippen molar-refractivity contribution in [1.29, 1.82) is 0 Å². The lowest BCUT2D eigenvalue weighted by molar-refractivity contribution is 0.0600. The van der Waals surface area contributed by atoms with Gasteiger partial charge in [0.2, 0.25) is 10.0 Å². The molecule has 2 aromatic rings. The van der Waals surface area contributed by atoms with E-state index in [1.54, 1.807) is 18.9 Å². The molecule has 0 unspecified atom stereocenters. The summed E-state index contributed by atoms with van der Waals surface area (Å²) in [5.41, 5.74) is 1.27. The van der Waals surface area contributed by atoms with E-state index in [0.29, 0.717) is 18.0 Å². The van der Waals surface area contributed by atoms with Crippen molar-refractivity contribution in [3.05, 3.63) is 45.8 Å². The van der Waals surface area contributed by atoms with Crippen LogP contribution in [0.25, 0.3) is 0 Å². The summed E-state index contributed by atoms with van der Waals surface area (Å²) in [5, 5.41) is 3.11. The average Bonchev–Trinajstić information content (AvgIpc) is 3.29. The minimum Gasteiger partial charge on any atom is -0.465 e. The molecular formula is C26H33N3O7S2. The van der Waals surface area contributed by atoms with Gasteiger partial charge in [0.05, 0.1) is 30.7 Å². The van der Waals surface area contributed by atoms with Gasteiger partial charge in [0.25, 0.3) is 5.91 Å². The van der Waals surface area contributed by atoms with Crippen LogP contribution in [0.4, 0.5) is 9.80 Å². The van der Waals surface area contributed by atoms with Crippen LogP contribution in [0, 0.1) is 0 Å². The number of carbonyl (C=O) groups excluding carboxylic acids is 3. The summed E-state index contributed by atoms with van der Waals surface area (Å²) in [6.07, 6.45) is 4.85. The van der Waals surface area contributed by atoms with Crippen LogP contribution in [-0.2, 0) is 32.5 Å². The third-order valence-corrected chi connectivity index (χ3v) is 10.1. The predicted octanol–water partition coefficient (Wildman–Crippen LogP) is 4.25. The smallest absolute Gasteiger partial charge is 0.410 e. The fourth-order valence-electron chi connectivity index (χ4n) is 4.94. The third-order valence-electron chi connectivity index (χ3n) is 7.08. The van der Waals surface area contributed by atoms with Gasteiger partial charge in [-0.25, -0.2) is 18.0 Å². The highest BCUT2D eigenvalue weighted by atomic mass is 32.2. The lowest BCUT2D eigenvalue weighted by atomic mass is 9.96. The Morgan fingerprint density at radius 3 is 2.45 bits per heavy atom. The van der Waals surface area contributed by atoms with Gasteiger partial charge in [-0.1, -0.05) is 19.3 Å². The number of methoxy groups -OCH3 is 1. The SMILES string of the molecule is CCOC(=O)N1CCc2c(sc(NC(=O)c3ccc(S(=O)(=O)N(C)C4CCCCC4)cc3)c2C(=O)OC)C1. The van der Waals surface area contributed by atoms with Gasteiger partial charge in [0, 0.05) is 30.1 Å². The van der Waals surface area contributed by atoms with Gasteiger partial charge in [-0.05, 0) is 56.0 Å². The quantitative estimate of drug-likeness (QED) is 0.500. The molecule has 1 aliphatic heterocycles. The number of hydrogen-bond acceptors (Lipinski definition) is 8. The Morgan fingerprint density at radius 2 is 1.82 bits per heavy atom. The van der Waals surface area contributed by atoms with Gasteiger partial charge in [-0.15, -0.1) is 11.3 Å². The van der Waals surface area contributed by atoms with Gasteiger partial charge >= 0.3 is 12.1 Å². The van der Waals surface area contributed by atoms with Crippen molar-refractivity contribution >= 4 is 44.3 Å². The normalized spacial score (nSPS) is 16.2. The number of carbonyl (C=O) groups is 3. The Labute approximate surface area is 226 Å². The summed E-state index contributed by atoms with van der Waals surface area (Å²) in [6, 6.07) is 5.77. The number of rotatable bonds is 7. The second-order valence-electron chi connectivity index (χ2n) is 9.36. The summed E-state index contributed by atoms with van der Waals surface area (Å²) >= 11 is 1.21. The van der Waals surface area contributed by atoms with E-state index < -0.39 is 28.0 Å². The number of amides is 2. The minimum atomic E-state index is -3.68. The molecule has 0 atom stereocenters. The molecule has 1 aliphatic carbocycles. The zero-order chi connectivity index (χ0) is 27.4. The molecule has 206 valence electrons. The van der Waals surface area contributed by atoms with E-state index in [4.69, 9.17) is 9.47 Å². The Kier molecular flexibility index (Phi) is 8.74. The van der Waals surface area contributed by atoms with Crippen LogP contribution < -0.4 is 5.32 Å². The van der Waals surface area contributed by atoms with E-state index in [-0.39, 0.29) is 35.2 Å². The van der Waals surface area contributed by atoms with Gasteiger partial charge in [0.1, 0.15) is 5.00 Å². The standard InChI is InChI=1S/C26H33N3O7S2/c1-4-36-26(32)29-15-14-20-21(16-29)37-24(22(20)25(31)35-3)27-23(30)17-10-12-19(13-11-17)38(33,34)28(2)18-8-6-5-7-9-18/h10-13,18H,4-9,14-16H2,1-3H3,(H,27,30). The van der Waals surface area contributed by atoms with Crippen molar-refractivity contribution < 1.29 is 32.3 Å². The molecule has 1 saturated carbocycles. The number of hydrogen-bond donors (Lipinski definition) is 1. The molecule has 2 amide bonds. The first-order chi connectivity index (χ1) is 18.2. The first kappa shape index (κ1) is 28.1. The van der Waals surface area contributed by atoms with E-state index in [1.165, 1.54) is 47.0 Å². The average molecular weight is 564 g/mol. The second-order valence-corrected chi connectivity index (χ2v) is 12.5. The number of nitrogens with zero attached hydrogens (tertiary/aromatic N) is 2. The van der Waals surface area contributed by atoms with Gasteiger partial charge in [-0.2, -0.15) is 4.31 Å². The van der Waals surface area contributed by atoms with Crippen LogP contribution in [0.3, 0.4) is 0 Å². The number of nitrogens with one attached hydrogen (secondary N) is 1. The first-order valence-corrected chi connectivity index (χ1v) is 15.0. The molecule has 10 nitrogen and oxygen atoms in total. The summed E-state index contributed by atoms with van der Waals surface area (Å²) in [7, 11) is -0.794. The molecule has 1 aromatic carbocycles. The molecule has 4 rings (SSSR count). The highest BCUT2D eigenvalue weighted by Gasteiger charge is 2.32. The van der Waals surface area contributed by atoms with Gasteiger partial charge in [0.15, 0.2) is 0 Å². The highest BCUT2D eigenvalue weighted by molar-refractivity contribution is 7.89. The topological polar surface area (TPSA) is 122 Å². The van der Waals surface area contributed by atoms with E-state index >= 15 is 0 Å². The summed E-state index contributed by atoms with van der Waals surface area (Å²) in [5.74, 6) is -1.06. The molecule has 1 fully saturated rings. The van der Waals surface area contributed by atoms with Gasteiger partial charge < -0.3 is 19.7 Å².